The summed E-state index contributed by atoms with van der Waals surface area (Å²) < 4.78 is 0. The van der Waals surface area contributed by atoms with Crippen LogP contribution in [0.2, 0.25) is 0 Å². The van der Waals surface area contributed by atoms with Crippen molar-refractivity contribution < 1.29 is 68.1 Å². The van der Waals surface area contributed by atoms with Crippen molar-refractivity contribution in [2.45, 2.75) is 197 Å². The average molecular weight is 1190 g/mol. The molecule has 84 heavy (non-hydrogen) atoms. The SMILES string of the molecule is CCCCCCCC(=O)N[C@@H](CCN)C(=O)N[C@H](C(=O)N[C@@H](CCN)C(=O)N[C@H]1CCNC(=O)[C@H]([C@@H](C)O)NC(=O)[C@H](CCN)NC(=O)[C@H](CCO)NC(=O)[C@H](CC(C)C)NC(=O)[C@@H](Cc2ccccc2)NC(=O)[C@H](CCN)NC1=O)[C@@H](C)O. The fourth-order valence-electron chi connectivity index (χ4n) is 8.99. The van der Waals surface area contributed by atoms with E-state index in [1.165, 1.54) is 13.8 Å². The van der Waals surface area contributed by atoms with Gasteiger partial charge in [0.15, 0.2) is 0 Å². The van der Waals surface area contributed by atoms with Crippen molar-refractivity contribution in [2.75, 3.05) is 39.3 Å². The number of carbonyl (C=O) groups excluding carboxylic acids is 11. The summed E-state index contributed by atoms with van der Waals surface area (Å²) in [5.41, 5.74) is 24.0. The zero-order valence-electron chi connectivity index (χ0n) is 49.2. The normalized spacial score (nSPS) is 22.6. The lowest BCUT2D eigenvalue weighted by Gasteiger charge is -2.29. The van der Waals surface area contributed by atoms with Gasteiger partial charge in [-0.3, -0.25) is 52.7 Å². The van der Waals surface area contributed by atoms with Gasteiger partial charge in [0.05, 0.1) is 12.2 Å². The van der Waals surface area contributed by atoms with Crippen LogP contribution in [0.1, 0.15) is 124 Å². The molecule has 1 aliphatic heterocycles. The number of hydrogen-bond donors (Lipinski definition) is 18. The highest BCUT2D eigenvalue weighted by molar-refractivity contribution is 5.99. The van der Waals surface area contributed by atoms with Gasteiger partial charge in [0.1, 0.15) is 60.4 Å². The molecule has 2 rings (SSSR count). The molecular weight excluding hydrogens is 1090 g/mol. The zero-order chi connectivity index (χ0) is 62.9. The van der Waals surface area contributed by atoms with Gasteiger partial charge < -0.3 is 96.7 Å². The smallest absolute Gasteiger partial charge is 0.245 e. The number of nitrogens with one attached hydrogen (secondary N) is 11. The van der Waals surface area contributed by atoms with Gasteiger partial charge in [0.25, 0.3) is 0 Å². The number of amides is 11. The molecule has 1 aromatic rings. The zero-order valence-corrected chi connectivity index (χ0v) is 49.2. The van der Waals surface area contributed by atoms with E-state index in [4.69, 9.17) is 22.9 Å². The summed E-state index contributed by atoms with van der Waals surface area (Å²) in [6, 6.07) is -6.55. The molecule has 0 spiro atoms. The van der Waals surface area contributed by atoms with E-state index >= 15 is 0 Å². The van der Waals surface area contributed by atoms with Gasteiger partial charge in [-0.2, -0.15) is 0 Å². The minimum Gasteiger partial charge on any atom is -0.396 e. The first-order chi connectivity index (χ1) is 39.9. The van der Waals surface area contributed by atoms with Crippen LogP contribution in [0.5, 0.6) is 0 Å². The maximum Gasteiger partial charge on any atom is 0.245 e. The predicted molar refractivity (Wildman–Crippen MR) is 310 cm³/mol. The number of aliphatic hydroxyl groups is 3. The van der Waals surface area contributed by atoms with E-state index in [0.29, 0.717) is 12.0 Å². The number of carbonyl (C=O) groups is 11. The summed E-state index contributed by atoms with van der Waals surface area (Å²) in [6.45, 7) is 6.26. The maximum absolute atomic E-state index is 14.5. The number of aliphatic hydroxyl groups excluding tert-OH is 3. The van der Waals surface area contributed by atoms with Gasteiger partial charge in [0.2, 0.25) is 65.0 Å². The van der Waals surface area contributed by atoms with Crippen LogP contribution < -0.4 is 81.4 Å². The van der Waals surface area contributed by atoms with Gasteiger partial charge in [-0.15, -0.1) is 0 Å². The van der Waals surface area contributed by atoms with Crippen LogP contribution in [-0.4, -0.2) is 192 Å². The first kappa shape index (κ1) is 73.2. The molecule has 22 N–H and O–H groups in total. The summed E-state index contributed by atoms with van der Waals surface area (Å²) >= 11 is 0. The van der Waals surface area contributed by atoms with Crippen LogP contribution in [0.4, 0.5) is 0 Å². The van der Waals surface area contributed by atoms with Crippen molar-refractivity contribution in [1.29, 1.82) is 0 Å². The molecule has 1 fully saturated rings. The van der Waals surface area contributed by atoms with E-state index in [-0.39, 0.29) is 83.5 Å². The molecule has 1 heterocycles. The average Bonchev–Trinajstić information content (AvgIpc) is 3.44. The first-order valence-corrected chi connectivity index (χ1v) is 29.1. The maximum atomic E-state index is 14.5. The summed E-state index contributed by atoms with van der Waals surface area (Å²) in [7, 11) is 0. The molecule has 0 bridgehead atoms. The number of unbranched alkanes of at least 4 members (excludes halogenated alkanes) is 4. The monoisotopic (exact) mass is 1190 g/mol. The summed E-state index contributed by atoms with van der Waals surface area (Å²) in [4.78, 5) is 153. The Bertz CT molecular complexity index is 2280. The highest BCUT2D eigenvalue weighted by Gasteiger charge is 2.37. The molecule has 12 atom stereocenters. The van der Waals surface area contributed by atoms with Crippen LogP contribution in [0, 0.1) is 5.92 Å². The lowest BCUT2D eigenvalue weighted by molar-refractivity contribution is -0.137. The van der Waals surface area contributed by atoms with E-state index in [9.17, 15) is 68.1 Å². The Balaban J connectivity index is 2.68. The largest absolute Gasteiger partial charge is 0.396 e. The van der Waals surface area contributed by atoms with Crippen molar-refractivity contribution in [3.63, 3.8) is 0 Å². The second kappa shape index (κ2) is 39.6. The molecule has 1 aromatic carbocycles. The van der Waals surface area contributed by atoms with Crippen molar-refractivity contribution in [1.82, 2.24) is 58.5 Å². The molecule has 0 radical (unpaired) electrons. The third-order valence-corrected chi connectivity index (χ3v) is 13.7. The Morgan fingerprint density at radius 1 is 0.583 bits per heavy atom. The highest BCUT2D eigenvalue weighted by atomic mass is 16.3. The molecule has 11 amide bonds. The molecule has 29 nitrogen and oxygen atoms in total. The molecule has 0 saturated carbocycles. The van der Waals surface area contributed by atoms with Crippen molar-refractivity contribution >= 4 is 65.0 Å². The summed E-state index contributed by atoms with van der Waals surface area (Å²) in [5, 5.41) is 59.3. The van der Waals surface area contributed by atoms with E-state index in [1.54, 1.807) is 44.2 Å². The van der Waals surface area contributed by atoms with Crippen LogP contribution in [0.25, 0.3) is 0 Å². The van der Waals surface area contributed by atoms with Crippen molar-refractivity contribution in [3.05, 3.63) is 35.9 Å². The Kier molecular flexibility index (Phi) is 34.5. The summed E-state index contributed by atoms with van der Waals surface area (Å²) in [5.74, 6) is -10.2. The highest BCUT2D eigenvalue weighted by Crippen LogP contribution is 2.12. The Hall–Kier alpha value is -6.89. The number of nitrogens with two attached hydrogens (primary N) is 4. The second-order valence-electron chi connectivity index (χ2n) is 21.4. The minimum atomic E-state index is -1.71. The fraction of sp³-hybridized carbons (Fsp3) is 0.691. The molecule has 1 saturated heterocycles. The van der Waals surface area contributed by atoms with Crippen LogP contribution in [0.3, 0.4) is 0 Å². The van der Waals surface area contributed by atoms with Crippen molar-refractivity contribution in [3.8, 4) is 0 Å². The molecule has 1 aliphatic rings. The van der Waals surface area contributed by atoms with Crippen molar-refractivity contribution in [2.24, 2.45) is 28.9 Å². The van der Waals surface area contributed by atoms with Gasteiger partial charge in [-0.1, -0.05) is 76.8 Å². The van der Waals surface area contributed by atoms with Crippen LogP contribution >= 0.6 is 0 Å². The third kappa shape index (κ3) is 26.4. The molecule has 0 aromatic heterocycles. The van der Waals surface area contributed by atoms with Crippen LogP contribution in [0.15, 0.2) is 30.3 Å². The number of rotatable bonds is 29. The van der Waals surface area contributed by atoms with E-state index < -0.39 is 157 Å². The lowest BCUT2D eigenvalue weighted by Crippen LogP contribution is -2.62. The Morgan fingerprint density at radius 3 is 1.63 bits per heavy atom. The quantitative estimate of drug-likeness (QED) is 0.0333. The van der Waals surface area contributed by atoms with Crippen LogP contribution in [-0.2, 0) is 59.2 Å². The number of hydrogen-bond acceptors (Lipinski definition) is 18. The topological polar surface area (TPSA) is 485 Å². The Morgan fingerprint density at radius 2 is 1.10 bits per heavy atom. The summed E-state index contributed by atoms with van der Waals surface area (Å²) in [6.07, 6.45) is -0.334. The van der Waals surface area contributed by atoms with Gasteiger partial charge in [-0.25, -0.2) is 0 Å². The molecule has 474 valence electrons. The van der Waals surface area contributed by atoms with Gasteiger partial charge in [-0.05, 0) is 103 Å². The minimum absolute atomic E-state index is 0.0144. The Labute approximate surface area is 491 Å². The predicted octanol–water partition coefficient (Wildman–Crippen LogP) is -5.46. The molecule has 0 unspecified atom stereocenters. The first-order valence-electron chi connectivity index (χ1n) is 29.1. The molecule has 0 aliphatic carbocycles. The fourth-order valence-corrected chi connectivity index (χ4v) is 8.99. The molecular formula is C55H95N15O14. The number of benzene rings is 1. The standard InChI is InChI=1S/C55H95N15O14/c1-6-7-8-9-13-16-43(74)61-35(17-23-56)50(79)70-45(33(5)73)55(84)66-37(19-25-58)46(75)64-39-21-27-60-54(83)44(32(4)72)69-51(80)38(20-26-59)63-49(78)40(22-28-71)65-52(81)41(29-31(2)3)67-53(82)42(30-34-14-11-10-12-15-34)68-47(76)36(18-24-57)62-48(39)77/h10-12,14-15,31-33,35-42,44-45,71-73H,6-9,13,16-30,56-59H2,1-5H3,(H,60,83)(H,61,74)(H,62,77)(H,63,78)(H,64,75)(H,65,81)(H,66,84)(H,67,82)(H,68,76)(H,69,80)(H,70,79)/t32-,33-,35+,36+,37+,38+,39+,40+,41+,42-,44+,45+/m1/s1. The second-order valence-corrected chi connectivity index (χ2v) is 21.4. The lowest BCUT2D eigenvalue weighted by atomic mass is 10.00. The van der Waals surface area contributed by atoms with Gasteiger partial charge in [0, 0.05) is 26.0 Å². The van der Waals surface area contributed by atoms with E-state index in [1.807, 2.05) is 0 Å². The van der Waals surface area contributed by atoms with Gasteiger partial charge >= 0.3 is 0 Å². The molecule has 29 heteroatoms. The van der Waals surface area contributed by atoms with E-state index in [2.05, 4.69) is 65.4 Å². The third-order valence-electron chi connectivity index (χ3n) is 13.7. The van der Waals surface area contributed by atoms with E-state index in [0.717, 1.165) is 25.7 Å².